The highest BCUT2D eigenvalue weighted by molar-refractivity contribution is 9.10. The van der Waals surface area contributed by atoms with Crippen LogP contribution in [-0.2, 0) is 6.54 Å². The lowest BCUT2D eigenvalue weighted by molar-refractivity contribution is 0.625. The molecule has 1 N–H and O–H groups in total. The minimum absolute atomic E-state index is 0.222. The molecule has 1 nitrogen and oxygen atoms in total. The molecule has 0 unspecified atom stereocenters. The fourth-order valence-corrected chi connectivity index (χ4v) is 2.34. The summed E-state index contributed by atoms with van der Waals surface area (Å²) in [6.07, 6.45) is 0. The first-order chi connectivity index (χ1) is 8.56. The van der Waals surface area contributed by atoms with E-state index in [0.717, 1.165) is 20.2 Å². The topological polar surface area (TPSA) is 12.0 Å². The molecule has 4 heteroatoms. The molecule has 2 aromatic carbocycles. The minimum Gasteiger partial charge on any atom is -0.381 e. The second-order valence-electron chi connectivity index (χ2n) is 4.05. The van der Waals surface area contributed by atoms with Gasteiger partial charge in [-0.1, -0.05) is 37.9 Å². The Labute approximate surface area is 123 Å². The average Bonchev–Trinajstić information content (AvgIpc) is 2.34. The van der Waals surface area contributed by atoms with Gasteiger partial charge in [0.05, 0.1) is 0 Å². The van der Waals surface area contributed by atoms with E-state index in [1.807, 2.05) is 25.1 Å². The van der Waals surface area contributed by atoms with Crippen LogP contribution in [0.1, 0.15) is 11.1 Å². The molecule has 94 valence electrons. The molecule has 0 aromatic heterocycles. The Morgan fingerprint density at radius 2 is 1.83 bits per heavy atom. The molecule has 0 amide bonds. The van der Waals surface area contributed by atoms with Crippen molar-refractivity contribution in [1.29, 1.82) is 0 Å². The van der Waals surface area contributed by atoms with Gasteiger partial charge < -0.3 is 5.32 Å². The first kappa shape index (κ1) is 13.6. The summed E-state index contributed by atoms with van der Waals surface area (Å²) < 4.78 is 15.1. The second-order valence-corrected chi connectivity index (χ2v) is 5.76. The van der Waals surface area contributed by atoms with E-state index >= 15 is 0 Å². The molecule has 0 aliphatic heterocycles. The quantitative estimate of drug-likeness (QED) is 0.773. The number of aryl methyl sites for hydroxylation is 1. The molecule has 0 fully saturated rings. The molecule has 0 heterocycles. The Morgan fingerprint density at radius 1 is 1.06 bits per heavy atom. The molecule has 0 saturated carbocycles. The summed E-state index contributed by atoms with van der Waals surface area (Å²) >= 11 is 6.90. The minimum atomic E-state index is -0.222. The van der Waals surface area contributed by atoms with E-state index in [2.05, 4.69) is 37.2 Å². The van der Waals surface area contributed by atoms with Gasteiger partial charge in [0.25, 0.3) is 0 Å². The number of rotatable bonds is 3. The van der Waals surface area contributed by atoms with Crippen LogP contribution in [0.25, 0.3) is 0 Å². The van der Waals surface area contributed by atoms with E-state index in [-0.39, 0.29) is 5.82 Å². The molecule has 18 heavy (non-hydrogen) atoms. The molecular weight excluding hydrogens is 361 g/mol. The Kier molecular flexibility index (Phi) is 4.40. The Balaban J connectivity index is 2.11. The lowest BCUT2D eigenvalue weighted by Gasteiger charge is -2.09. The Bertz CT molecular complexity index is 570. The SMILES string of the molecule is Cc1ccc(NCc2cc(F)ccc2Br)cc1Br. The van der Waals surface area contributed by atoms with E-state index in [0.29, 0.717) is 6.54 Å². The first-order valence-electron chi connectivity index (χ1n) is 5.50. The van der Waals surface area contributed by atoms with Crippen LogP contribution in [0, 0.1) is 12.7 Å². The van der Waals surface area contributed by atoms with Crippen LogP contribution in [-0.4, -0.2) is 0 Å². The summed E-state index contributed by atoms with van der Waals surface area (Å²) in [5.41, 5.74) is 3.09. The average molecular weight is 373 g/mol. The van der Waals surface area contributed by atoms with Gasteiger partial charge in [-0.05, 0) is 48.4 Å². The lowest BCUT2D eigenvalue weighted by atomic mass is 10.2. The molecule has 0 aliphatic rings. The van der Waals surface area contributed by atoms with E-state index in [4.69, 9.17) is 0 Å². The van der Waals surface area contributed by atoms with Gasteiger partial charge in [-0.2, -0.15) is 0 Å². The van der Waals surface area contributed by atoms with Crippen molar-refractivity contribution in [3.8, 4) is 0 Å². The number of halogens is 3. The third kappa shape index (κ3) is 3.33. The summed E-state index contributed by atoms with van der Waals surface area (Å²) in [7, 11) is 0. The van der Waals surface area contributed by atoms with Gasteiger partial charge in [0.2, 0.25) is 0 Å². The molecule has 0 spiro atoms. The zero-order valence-corrected chi connectivity index (χ0v) is 13.0. The van der Waals surface area contributed by atoms with Gasteiger partial charge in [0, 0.05) is 21.2 Å². The van der Waals surface area contributed by atoms with Crippen molar-refractivity contribution < 1.29 is 4.39 Å². The highest BCUT2D eigenvalue weighted by atomic mass is 79.9. The van der Waals surface area contributed by atoms with E-state index < -0.39 is 0 Å². The predicted molar refractivity (Wildman–Crippen MR) is 80.3 cm³/mol. The van der Waals surface area contributed by atoms with Crippen LogP contribution in [0.5, 0.6) is 0 Å². The smallest absolute Gasteiger partial charge is 0.123 e. The summed E-state index contributed by atoms with van der Waals surface area (Å²) in [5, 5.41) is 3.27. The molecule has 0 aliphatic carbocycles. The highest BCUT2D eigenvalue weighted by Crippen LogP contribution is 2.23. The zero-order valence-electron chi connectivity index (χ0n) is 9.81. The zero-order chi connectivity index (χ0) is 13.1. The largest absolute Gasteiger partial charge is 0.381 e. The lowest BCUT2D eigenvalue weighted by Crippen LogP contribution is -2.01. The Hall–Kier alpha value is -0.870. The predicted octanol–water partition coefficient (Wildman–Crippen LogP) is 5.27. The molecule has 0 bridgehead atoms. The van der Waals surface area contributed by atoms with Crippen molar-refractivity contribution in [2.24, 2.45) is 0 Å². The first-order valence-corrected chi connectivity index (χ1v) is 7.09. The van der Waals surface area contributed by atoms with Crippen molar-refractivity contribution >= 4 is 37.5 Å². The summed E-state index contributed by atoms with van der Waals surface area (Å²) in [6, 6.07) is 10.7. The number of nitrogens with one attached hydrogen (secondary N) is 1. The van der Waals surface area contributed by atoms with Gasteiger partial charge in [-0.15, -0.1) is 0 Å². The van der Waals surface area contributed by atoms with Gasteiger partial charge in [0.1, 0.15) is 5.82 Å². The van der Waals surface area contributed by atoms with Crippen molar-refractivity contribution in [3.63, 3.8) is 0 Å². The molecule has 0 radical (unpaired) electrons. The van der Waals surface area contributed by atoms with Crippen LogP contribution in [0.15, 0.2) is 45.3 Å². The monoisotopic (exact) mass is 371 g/mol. The maximum Gasteiger partial charge on any atom is 0.123 e. The van der Waals surface area contributed by atoms with Gasteiger partial charge in [0.15, 0.2) is 0 Å². The molecular formula is C14H12Br2FN. The maximum absolute atomic E-state index is 13.1. The highest BCUT2D eigenvalue weighted by Gasteiger charge is 2.02. The van der Waals surface area contributed by atoms with Gasteiger partial charge >= 0.3 is 0 Å². The van der Waals surface area contributed by atoms with Crippen LogP contribution >= 0.6 is 31.9 Å². The van der Waals surface area contributed by atoms with Gasteiger partial charge in [-0.25, -0.2) is 4.39 Å². The normalized spacial score (nSPS) is 10.4. The van der Waals surface area contributed by atoms with E-state index in [1.54, 1.807) is 6.07 Å². The molecule has 2 rings (SSSR count). The maximum atomic E-state index is 13.1. The molecule has 0 saturated heterocycles. The van der Waals surface area contributed by atoms with Crippen molar-refractivity contribution in [2.75, 3.05) is 5.32 Å². The fourth-order valence-electron chi connectivity index (χ4n) is 1.58. The summed E-state index contributed by atoms with van der Waals surface area (Å²) in [6.45, 7) is 2.62. The standard InChI is InChI=1S/C14H12Br2FN/c1-9-2-4-12(7-14(9)16)18-8-10-6-11(17)3-5-13(10)15/h2-7,18H,8H2,1H3. The number of hydrogen-bond donors (Lipinski definition) is 1. The number of anilines is 1. The third-order valence-electron chi connectivity index (χ3n) is 2.66. The number of benzene rings is 2. The molecule has 0 atom stereocenters. The summed E-state index contributed by atoms with van der Waals surface area (Å²) in [4.78, 5) is 0. The molecule has 2 aromatic rings. The van der Waals surface area contributed by atoms with Crippen LogP contribution in [0.4, 0.5) is 10.1 Å². The second kappa shape index (κ2) is 5.85. The van der Waals surface area contributed by atoms with E-state index in [9.17, 15) is 4.39 Å². The van der Waals surface area contributed by atoms with Crippen molar-refractivity contribution in [3.05, 3.63) is 62.3 Å². The fraction of sp³-hybridized carbons (Fsp3) is 0.143. The Morgan fingerprint density at radius 3 is 2.56 bits per heavy atom. The third-order valence-corrected chi connectivity index (χ3v) is 4.29. The summed E-state index contributed by atoms with van der Waals surface area (Å²) in [5.74, 6) is -0.222. The number of hydrogen-bond acceptors (Lipinski definition) is 1. The van der Waals surface area contributed by atoms with Crippen molar-refractivity contribution in [2.45, 2.75) is 13.5 Å². The van der Waals surface area contributed by atoms with Gasteiger partial charge in [-0.3, -0.25) is 0 Å². The van der Waals surface area contributed by atoms with E-state index in [1.165, 1.54) is 17.7 Å². The van der Waals surface area contributed by atoms with Crippen LogP contribution in [0.3, 0.4) is 0 Å². The van der Waals surface area contributed by atoms with Crippen LogP contribution in [0.2, 0.25) is 0 Å². The van der Waals surface area contributed by atoms with Crippen molar-refractivity contribution in [1.82, 2.24) is 0 Å². The van der Waals surface area contributed by atoms with Crippen LogP contribution < -0.4 is 5.32 Å².